The van der Waals surface area contributed by atoms with Crippen LogP contribution in [-0.2, 0) is 0 Å². The van der Waals surface area contributed by atoms with Gasteiger partial charge in [-0.05, 0) is 19.3 Å². The lowest BCUT2D eigenvalue weighted by atomic mass is 9.99. The Hall–Kier alpha value is -0.820. The van der Waals surface area contributed by atoms with E-state index in [9.17, 15) is 5.11 Å². The van der Waals surface area contributed by atoms with Gasteiger partial charge in [0.05, 0.1) is 6.10 Å². The fourth-order valence-electron chi connectivity index (χ4n) is 2.42. The van der Waals surface area contributed by atoms with Crippen LogP contribution in [0.4, 0.5) is 0 Å². The quantitative estimate of drug-likeness (QED) is 0.744. The molecule has 18 heavy (non-hydrogen) atoms. The lowest BCUT2D eigenvalue weighted by molar-refractivity contribution is 0.167. The first-order valence-corrected chi connectivity index (χ1v) is 5.89. The number of fused-ring (bicyclic) bond motifs is 1. The van der Waals surface area contributed by atoms with Gasteiger partial charge in [-0.15, -0.1) is 12.4 Å². The first-order valence-electron chi connectivity index (χ1n) is 5.52. The molecule has 1 saturated carbocycles. The van der Waals surface area contributed by atoms with Crippen LogP contribution in [0.5, 0.6) is 0 Å². The highest BCUT2D eigenvalue weighted by molar-refractivity contribution is 6.94. The minimum absolute atomic E-state index is 0. The highest BCUT2D eigenvalue weighted by Gasteiger charge is 2.43. The molecule has 6 nitrogen and oxygen atoms in total. The molecule has 3 rings (SSSR count). The van der Waals surface area contributed by atoms with Crippen molar-refractivity contribution in [3.63, 3.8) is 0 Å². The van der Waals surface area contributed by atoms with Gasteiger partial charge in [-0.25, -0.2) is 20.0 Å². The van der Waals surface area contributed by atoms with Crippen molar-refractivity contribution in [1.82, 2.24) is 0 Å². The third-order valence-corrected chi connectivity index (χ3v) is 3.61. The van der Waals surface area contributed by atoms with Crippen molar-refractivity contribution >= 4 is 47.1 Å². The molecule has 98 valence electrons. The van der Waals surface area contributed by atoms with Crippen molar-refractivity contribution in [2.24, 2.45) is 31.6 Å². The van der Waals surface area contributed by atoms with Crippen LogP contribution in [0.2, 0.25) is 0 Å². The maximum absolute atomic E-state index is 9.56. The van der Waals surface area contributed by atoms with Crippen molar-refractivity contribution in [3.05, 3.63) is 0 Å². The number of halogens is 2. The van der Waals surface area contributed by atoms with Gasteiger partial charge in [0, 0.05) is 5.92 Å². The van der Waals surface area contributed by atoms with Crippen LogP contribution >= 0.6 is 24.0 Å². The Morgan fingerprint density at radius 1 is 1.39 bits per heavy atom. The van der Waals surface area contributed by atoms with Crippen molar-refractivity contribution in [2.45, 2.75) is 31.2 Å². The van der Waals surface area contributed by atoms with Crippen LogP contribution in [-0.4, -0.2) is 40.1 Å². The molecule has 1 fully saturated rings. The Morgan fingerprint density at radius 3 is 2.83 bits per heavy atom. The van der Waals surface area contributed by atoms with Gasteiger partial charge in [0.25, 0.3) is 0 Å². The molecule has 0 spiro atoms. The lowest BCUT2D eigenvalue weighted by Gasteiger charge is -2.30. The molecule has 2 heterocycles. The van der Waals surface area contributed by atoms with Gasteiger partial charge in [0.2, 0.25) is 5.79 Å². The summed E-state index contributed by atoms with van der Waals surface area (Å²) in [6, 6.07) is 0. The molecular formula is C10H13Cl2N5O. The molecule has 3 N–H and O–H groups in total. The fraction of sp³-hybridized carbons (Fsp3) is 0.600. The summed E-state index contributed by atoms with van der Waals surface area (Å²) < 4.78 is 0. The summed E-state index contributed by atoms with van der Waals surface area (Å²) in [6.07, 6.45) is 3.18. The number of aliphatic hydroxyl groups is 1. The van der Waals surface area contributed by atoms with Crippen molar-refractivity contribution < 1.29 is 5.11 Å². The van der Waals surface area contributed by atoms with E-state index in [1.54, 1.807) is 0 Å². The SMILES string of the molecule is Cl.NC1(C2CCC(O)C2)N=C(Cl)C2=NC=NC2=N1. The first kappa shape index (κ1) is 13.6. The number of amidine groups is 1. The lowest BCUT2D eigenvalue weighted by Crippen LogP contribution is -2.48. The van der Waals surface area contributed by atoms with Crippen LogP contribution in [0.25, 0.3) is 0 Å². The van der Waals surface area contributed by atoms with Crippen molar-refractivity contribution in [1.29, 1.82) is 0 Å². The highest BCUT2D eigenvalue weighted by Crippen LogP contribution is 2.36. The molecule has 8 heteroatoms. The molecular weight excluding hydrogens is 277 g/mol. The monoisotopic (exact) mass is 289 g/mol. The van der Waals surface area contributed by atoms with Crippen LogP contribution in [0.3, 0.4) is 0 Å². The molecule has 0 aromatic rings. The summed E-state index contributed by atoms with van der Waals surface area (Å²) in [6.45, 7) is 0. The van der Waals surface area contributed by atoms with Gasteiger partial charge in [0.15, 0.2) is 11.0 Å². The molecule has 3 unspecified atom stereocenters. The minimum atomic E-state index is -1.11. The largest absolute Gasteiger partial charge is 0.393 e. The Labute approximate surface area is 115 Å². The number of aliphatic imine (C=N–C) groups is 4. The molecule has 0 aromatic heterocycles. The second kappa shape index (κ2) is 4.70. The van der Waals surface area contributed by atoms with E-state index < -0.39 is 5.79 Å². The average Bonchev–Trinajstić information content (AvgIpc) is 2.86. The second-order valence-corrected chi connectivity index (χ2v) is 4.87. The van der Waals surface area contributed by atoms with Gasteiger partial charge in [-0.2, -0.15) is 0 Å². The Bertz CT molecular complexity index is 487. The van der Waals surface area contributed by atoms with Gasteiger partial charge >= 0.3 is 0 Å². The fourth-order valence-corrected chi connectivity index (χ4v) is 2.69. The summed E-state index contributed by atoms with van der Waals surface area (Å²) >= 11 is 6.03. The van der Waals surface area contributed by atoms with Gasteiger partial charge in [-0.3, -0.25) is 5.73 Å². The topological polar surface area (TPSA) is 95.7 Å². The molecule has 0 radical (unpaired) electrons. The third-order valence-electron chi connectivity index (χ3n) is 3.34. The van der Waals surface area contributed by atoms with Crippen LogP contribution < -0.4 is 5.73 Å². The number of nitrogens with two attached hydrogens (primary N) is 1. The van der Waals surface area contributed by atoms with Gasteiger partial charge in [0.1, 0.15) is 12.1 Å². The third kappa shape index (κ3) is 2.09. The molecule has 2 aliphatic heterocycles. The van der Waals surface area contributed by atoms with E-state index in [4.69, 9.17) is 17.3 Å². The standard InChI is InChI=1S/C10H12ClN5O.ClH/c11-8-7-9(14-4-13-7)16-10(12,15-8)5-1-2-6(17)3-5;/h4-6,17H,1-3,12H2;1H. The summed E-state index contributed by atoms with van der Waals surface area (Å²) in [5.41, 5.74) is 6.65. The minimum Gasteiger partial charge on any atom is -0.393 e. The normalized spacial score (nSPS) is 37.6. The van der Waals surface area contributed by atoms with Gasteiger partial charge in [-0.1, -0.05) is 11.6 Å². The number of hydrogen-bond acceptors (Lipinski definition) is 6. The predicted molar refractivity (Wildman–Crippen MR) is 74.2 cm³/mol. The molecule has 0 amide bonds. The summed E-state index contributed by atoms with van der Waals surface area (Å²) in [7, 11) is 0. The molecule has 3 aliphatic rings. The smallest absolute Gasteiger partial charge is 0.209 e. The van der Waals surface area contributed by atoms with E-state index >= 15 is 0 Å². The van der Waals surface area contributed by atoms with Crippen molar-refractivity contribution in [3.8, 4) is 0 Å². The maximum atomic E-state index is 9.56. The zero-order valence-corrected chi connectivity index (χ0v) is 11.0. The molecule has 3 atom stereocenters. The van der Waals surface area contributed by atoms with Crippen LogP contribution in [0.1, 0.15) is 19.3 Å². The molecule has 0 bridgehead atoms. The van der Waals surface area contributed by atoms with E-state index in [1.807, 2.05) is 0 Å². The number of rotatable bonds is 1. The molecule has 1 aliphatic carbocycles. The van der Waals surface area contributed by atoms with E-state index in [0.717, 1.165) is 12.8 Å². The van der Waals surface area contributed by atoms with E-state index in [2.05, 4.69) is 20.0 Å². The predicted octanol–water partition coefficient (Wildman–Crippen LogP) is 0.714. The number of hydrogen-bond donors (Lipinski definition) is 2. The first-order chi connectivity index (χ1) is 8.08. The van der Waals surface area contributed by atoms with E-state index in [0.29, 0.717) is 18.0 Å². The van der Waals surface area contributed by atoms with Crippen LogP contribution in [0.15, 0.2) is 20.0 Å². The maximum Gasteiger partial charge on any atom is 0.209 e. The summed E-state index contributed by atoms with van der Waals surface area (Å²) in [5, 5.41) is 9.81. The average molecular weight is 290 g/mol. The Kier molecular flexibility index (Phi) is 3.55. The summed E-state index contributed by atoms with van der Waals surface area (Å²) in [5.74, 6) is -0.671. The van der Waals surface area contributed by atoms with Gasteiger partial charge < -0.3 is 5.11 Å². The summed E-state index contributed by atoms with van der Waals surface area (Å²) in [4.78, 5) is 16.5. The Balaban J connectivity index is 0.00000120. The second-order valence-electron chi connectivity index (χ2n) is 4.51. The number of aliphatic hydroxyl groups excluding tert-OH is 1. The zero-order chi connectivity index (χ0) is 12.0. The van der Waals surface area contributed by atoms with Crippen LogP contribution in [0, 0.1) is 5.92 Å². The van der Waals surface area contributed by atoms with E-state index in [-0.39, 0.29) is 29.6 Å². The Morgan fingerprint density at radius 2 is 2.17 bits per heavy atom. The molecule has 0 saturated heterocycles. The van der Waals surface area contributed by atoms with E-state index in [1.165, 1.54) is 6.34 Å². The number of nitrogens with zero attached hydrogens (tertiary/aromatic N) is 4. The van der Waals surface area contributed by atoms with Crippen molar-refractivity contribution in [2.75, 3.05) is 0 Å². The highest BCUT2D eigenvalue weighted by atomic mass is 35.5. The zero-order valence-electron chi connectivity index (χ0n) is 9.45. The molecule has 0 aromatic carbocycles.